The molecule has 1 aliphatic rings. The number of anilines is 1. The van der Waals surface area contributed by atoms with Crippen molar-refractivity contribution in [2.24, 2.45) is 0 Å². The van der Waals surface area contributed by atoms with Crippen molar-refractivity contribution in [2.45, 2.75) is 6.54 Å². The molecule has 4 rings (SSSR count). The van der Waals surface area contributed by atoms with Gasteiger partial charge in [0.1, 0.15) is 5.82 Å². The van der Waals surface area contributed by atoms with E-state index in [0.717, 1.165) is 55.3 Å². The molecule has 1 N–H and O–H groups in total. The molecule has 1 aliphatic heterocycles. The standard InChI is InChI=1S/C19H20N4OS/c25-21-12-14-1-3-15(4-2-14)16-5-6-17-18(11-16)22-19(13-20-17)23-7-9-24-10-8-23/h1-6,11,13,21,25H,7-10,12H2. The van der Waals surface area contributed by atoms with Crippen LogP contribution >= 0.6 is 12.8 Å². The van der Waals surface area contributed by atoms with Gasteiger partial charge in [-0.25, -0.2) is 4.98 Å². The maximum atomic E-state index is 5.41. The van der Waals surface area contributed by atoms with Gasteiger partial charge in [-0.05, 0) is 28.8 Å². The number of ether oxygens (including phenoxy) is 1. The second-order valence-electron chi connectivity index (χ2n) is 6.06. The molecule has 0 radical (unpaired) electrons. The highest BCUT2D eigenvalue weighted by Crippen LogP contribution is 2.24. The average Bonchev–Trinajstić information content (AvgIpc) is 2.69. The molecule has 25 heavy (non-hydrogen) atoms. The lowest BCUT2D eigenvalue weighted by Gasteiger charge is -2.27. The lowest BCUT2D eigenvalue weighted by molar-refractivity contribution is 0.122. The van der Waals surface area contributed by atoms with Gasteiger partial charge in [-0.2, -0.15) is 0 Å². The second-order valence-corrected chi connectivity index (χ2v) is 6.38. The van der Waals surface area contributed by atoms with E-state index in [1.54, 1.807) is 0 Å². The molecule has 0 saturated carbocycles. The third-order valence-electron chi connectivity index (χ3n) is 4.44. The highest BCUT2D eigenvalue weighted by Gasteiger charge is 2.13. The number of hydrogen-bond donors (Lipinski definition) is 2. The summed E-state index contributed by atoms with van der Waals surface area (Å²) < 4.78 is 8.28. The van der Waals surface area contributed by atoms with Crippen molar-refractivity contribution >= 4 is 29.7 Å². The van der Waals surface area contributed by atoms with Gasteiger partial charge < -0.3 is 9.64 Å². The summed E-state index contributed by atoms with van der Waals surface area (Å²) >= 11 is 4.04. The summed E-state index contributed by atoms with van der Waals surface area (Å²) in [5, 5.41) is 0. The molecule has 128 valence electrons. The molecule has 0 aliphatic carbocycles. The summed E-state index contributed by atoms with van der Waals surface area (Å²) in [6.07, 6.45) is 1.85. The number of aromatic nitrogens is 2. The number of nitrogens with zero attached hydrogens (tertiary/aromatic N) is 3. The number of rotatable bonds is 4. The average molecular weight is 352 g/mol. The summed E-state index contributed by atoms with van der Waals surface area (Å²) in [6.45, 7) is 3.96. The number of hydrogen-bond acceptors (Lipinski definition) is 6. The zero-order valence-corrected chi connectivity index (χ0v) is 14.7. The lowest BCUT2D eigenvalue weighted by Crippen LogP contribution is -2.36. The van der Waals surface area contributed by atoms with Gasteiger partial charge in [0.05, 0.1) is 30.4 Å². The first kappa shape index (κ1) is 16.3. The third kappa shape index (κ3) is 3.61. The molecular formula is C19H20N4OS. The van der Waals surface area contributed by atoms with Crippen LogP contribution in [0, 0.1) is 0 Å². The van der Waals surface area contributed by atoms with Gasteiger partial charge in [-0.15, -0.1) is 0 Å². The Morgan fingerprint density at radius 1 is 1.00 bits per heavy atom. The Morgan fingerprint density at radius 3 is 2.52 bits per heavy atom. The van der Waals surface area contributed by atoms with Crippen LogP contribution in [0.15, 0.2) is 48.7 Å². The van der Waals surface area contributed by atoms with E-state index < -0.39 is 0 Å². The van der Waals surface area contributed by atoms with Crippen molar-refractivity contribution in [3.63, 3.8) is 0 Å². The van der Waals surface area contributed by atoms with Crippen molar-refractivity contribution in [1.29, 1.82) is 0 Å². The van der Waals surface area contributed by atoms with Gasteiger partial charge in [0.25, 0.3) is 0 Å². The smallest absolute Gasteiger partial charge is 0.148 e. The van der Waals surface area contributed by atoms with Crippen molar-refractivity contribution in [2.75, 3.05) is 31.2 Å². The largest absolute Gasteiger partial charge is 0.378 e. The van der Waals surface area contributed by atoms with E-state index in [1.165, 1.54) is 11.1 Å². The van der Waals surface area contributed by atoms with Crippen LogP contribution in [-0.2, 0) is 11.3 Å². The number of fused-ring (bicyclic) bond motifs is 1. The van der Waals surface area contributed by atoms with E-state index >= 15 is 0 Å². The maximum Gasteiger partial charge on any atom is 0.148 e. The zero-order valence-electron chi connectivity index (χ0n) is 13.9. The predicted octanol–water partition coefficient (Wildman–Crippen LogP) is 3.07. The second kappa shape index (κ2) is 7.39. The fourth-order valence-corrected chi connectivity index (χ4v) is 3.21. The monoisotopic (exact) mass is 352 g/mol. The Hall–Kier alpha value is -2.15. The van der Waals surface area contributed by atoms with E-state index in [1.807, 2.05) is 12.3 Å². The minimum Gasteiger partial charge on any atom is -0.378 e. The van der Waals surface area contributed by atoms with Crippen LogP contribution in [0.4, 0.5) is 5.82 Å². The van der Waals surface area contributed by atoms with Crippen molar-refractivity contribution in [3.05, 3.63) is 54.2 Å². The van der Waals surface area contributed by atoms with Crippen LogP contribution in [0.2, 0.25) is 0 Å². The molecule has 1 fully saturated rings. The van der Waals surface area contributed by atoms with Crippen LogP contribution in [0.5, 0.6) is 0 Å². The van der Waals surface area contributed by atoms with E-state index in [9.17, 15) is 0 Å². The molecule has 3 aromatic rings. The predicted molar refractivity (Wildman–Crippen MR) is 104 cm³/mol. The van der Waals surface area contributed by atoms with Crippen LogP contribution < -0.4 is 9.62 Å². The highest BCUT2D eigenvalue weighted by molar-refractivity contribution is 7.78. The van der Waals surface area contributed by atoms with Gasteiger partial charge in [-0.3, -0.25) is 9.71 Å². The molecule has 0 spiro atoms. The molecule has 0 atom stereocenters. The number of benzene rings is 2. The Morgan fingerprint density at radius 2 is 1.76 bits per heavy atom. The van der Waals surface area contributed by atoms with E-state index in [-0.39, 0.29) is 0 Å². The molecule has 6 heteroatoms. The fraction of sp³-hybridized carbons (Fsp3) is 0.263. The first-order valence-electron chi connectivity index (χ1n) is 8.39. The maximum absolute atomic E-state index is 5.41. The molecule has 1 saturated heterocycles. The minimum absolute atomic E-state index is 0.743. The minimum atomic E-state index is 0.743. The van der Waals surface area contributed by atoms with Crippen LogP contribution in [0.25, 0.3) is 22.2 Å². The van der Waals surface area contributed by atoms with Gasteiger partial charge in [0.2, 0.25) is 0 Å². The summed E-state index contributed by atoms with van der Waals surface area (Å²) in [5.41, 5.74) is 5.35. The fourth-order valence-electron chi connectivity index (χ4n) is 3.03. The third-order valence-corrected chi connectivity index (χ3v) is 4.59. The number of thiol groups is 1. The molecule has 0 bridgehead atoms. The van der Waals surface area contributed by atoms with Crippen molar-refractivity contribution in [1.82, 2.24) is 14.7 Å². The molecule has 1 aromatic heterocycles. The summed E-state index contributed by atoms with van der Waals surface area (Å²) in [7, 11) is 0. The van der Waals surface area contributed by atoms with Gasteiger partial charge in [0, 0.05) is 19.6 Å². The topological polar surface area (TPSA) is 50.3 Å². The van der Waals surface area contributed by atoms with Crippen molar-refractivity contribution < 1.29 is 4.74 Å². The zero-order chi connectivity index (χ0) is 17.1. The van der Waals surface area contributed by atoms with E-state index in [2.05, 4.69) is 63.8 Å². The summed E-state index contributed by atoms with van der Waals surface area (Å²) in [5.74, 6) is 0.920. The Balaban J connectivity index is 1.65. The van der Waals surface area contributed by atoms with E-state index in [4.69, 9.17) is 9.72 Å². The number of morpholine rings is 1. The molecule has 2 heterocycles. The summed E-state index contributed by atoms with van der Waals surface area (Å²) in [4.78, 5) is 11.6. The molecular weight excluding hydrogens is 332 g/mol. The molecule has 0 amide bonds. The van der Waals surface area contributed by atoms with Crippen LogP contribution in [0.1, 0.15) is 5.56 Å². The molecule has 5 nitrogen and oxygen atoms in total. The van der Waals surface area contributed by atoms with Gasteiger partial charge in [-0.1, -0.05) is 43.1 Å². The Bertz CT molecular complexity index is 863. The van der Waals surface area contributed by atoms with Crippen LogP contribution in [-0.4, -0.2) is 36.3 Å². The van der Waals surface area contributed by atoms with E-state index in [0.29, 0.717) is 0 Å². The summed E-state index contributed by atoms with van der Waals surface area (Å²) in [6, 6.07) is 14.7. The first-order chi connectivity index (χ1) is 12.3. The van der Waals surface area contributed by atoms with Crippen LogP contribution in [0.3, 0.4) is 0 Å². The lowest BCUT2D eigenvalue weighted by atomic mass is 10.0. The quantitative estimate of drug-likeness (QED) is 0.707. The first-order valence-corrected chi connectivity index (χ1v) is 8.84. The van der Waals surface area contributed by atoms with Gasteiger partial charge in [0.15, 0.2) is 0 Å². The normalized spacial score (nSPS) is 14.8. The van der Waals surface area contributed by atoms with Crippen molar-refractivity contribution in [3.8, 4) is 11.1 Å². The highest BCUT2D eigenvalue weighted by atomic mass is 32.1. The SMILES string of the molecule is SNCc1ccc(-c2ccc3ncc(N4CCOCC4)nc3c2)cc1. The molecule has 2 aromatic carbocycles. The molecule has 0 unspecified atom stereocenters. The van der Waals surface area contributed by atoms with Gasteiger partial charge >= 0.3 is 0 Å². The Labute approximate surface area is 152 Å². The Kier molecular flexibility index (Phi) is 4.83. The number of nitrogens with one attached hydrogen (secondary N) is 1.